The van der Waals surface area contributed by atoms with E-state index < -0.39 is 11.9 Å². The first kappa shape index (κ1) is 20.7. The lowest BCUT2D eigenvalue weighted by molar-refractivity contribution is -0.147. The predicted octanol–water partition coefficient (Wildman–Crippen LogP) is 4.28. The summed E-state index contributed by atoms with van der Waals surface area (Å²) < 4.78 is 10.4. The van der Waals surface area contributed by atoms with Crippen molar-refractivity contribution in [3.63, 3.8) is 0 Å². The van der Waals surface area contributed by atoms with Gasteiger partial charge in [0.2, 0.25) is 0 Å². The monoisotopic (exact) mass is 312 g/mol. The number of hydrogen-bond donors (Lipinski definition) is 0. The molecule has 0 saturated carbocycles. The summed E-state index contributed by atoms with van der Waals surface area (Å²) in [5.74, 6) is -0.609. The van der Waals surface area contributed by atoms with E-state index in [-0.39, 0.29) is 11.5 Å². The lowest BCUT2D eigenvalue weighted by Crippen LogP contribution is -2.21. The number of hydrogen-bond acceptors (Lipinski definition) is 4. The highest BCUT2D eigenvalue weighted by Gasteiger charge is 2.23. The van der Waals surface area contributed by atoms with Crippen molar-refractivity contribution < 1.29 is 19.1 Å². The van der Waals surface area contributed by atoms with E-state index in [2.05, 4.69) is 13.8 Å². The standard InChI is InChI=1S/C18H32O4/c1-6-9-11-21-17(19)16(13-15(8-3)14(4)5)18(20)22-12-10-7-2/h13-15H,6-12H2,1-5H3. The van der Waals surface area contributed by atoms with Crippen LogP contribution in [0.15, 0.2) is 11.6 Å². The molecule has 22 heavy (non-hydrogen) atoms. The molecular weight excluding hydrogens is 280 g/mol. The largest absolute Gasteiger partial charge is 0.462 e. The van der Waals surface area contributed by atoms with Crippen LogP contribution in [0.3, 0.4) is 0 Å². The first-order valence-electron chi connectivity index (χ1n) is 8.53. The molecule has 0 aliphatic rings. The fourth-order valence-electron chi connectivity index (χ4n) is 1.99. The van der Waals surface area contributed by atoms with Crippen LogP contribution in [0.5, 0.6) is 0 Å². The van der Waals surface area contributed by atoms with Crippen LogP contribution in [0, 0.1) is 11.8 Å². The number of unbranched alkanes of at least 4 members (excludes halogenated alkanes) is 2. The number of ether oxygens (including phenoxy) is 2. The summed E-state index contributed by atoms with van der Waals surface area (Å²) in [7, 11) is 0. The van der Waals surface area contributed by atoms with Gasteiger partial charge < -0.3 is 9.47 Å². The molecule has 0 bridgehead atoms. The maximum absolute atomic E-state index is 12.2. The zero-order chi connectivity index (χ0) is 17.0. The molecule has 0 fully saturated rings. The summed E-state index contributed by atoms with van der Waals surface area (Å²) >= 11 is 0. The molecule has 0 saturated heterocycles. The fourth-order valence-corrected chi connectivity index (χ4v) is 1.99. The molecule has 0 amide bonds. The molecule has 1 unspecified atom stereocenters. The Hall–Kier alpha value is -1.32. The highest BCUT2D eigenvalue weighted by atomic mass is 16.6. The van der Waals surface area contributed by atoms with Crippen molar-refractivity contribution >= 4 is 11.9 Å². The molecule has 0 aromatic carbocycles. The van der Waals surface area contributed by atoms with E-state index in [4.69, 9.17) is 9.47 Å². The molecule has 0 spiro atoms. The second-order valence-corrected chi connectivity index (χ2v) is 5.88. The molecular formula is C18H32O4. The minimum absolute atomic E-state index is 0.0488. The zero-order valence-electron chi connectivity index (χ0n) is 14.8. The van der Waals surface area contributed by atoms with Gasteiger partial charge in [0.1, 0.15) is 5.57 Å². The fraction of sp³-hybridized carbons (Fsp3) is 0.778. The molecule has 0 aromatic rings. The van der Waals surface area contributed by atoms with Crippen LogP contribution in [0.1, 0.15) is 66.7 Å². The zero-order valence-corrected chi connectivity index (χ0v) is 14.8. The van der Waals surface area contributed by atoms with E-state index in [1.165, 1.54) is 0 Å². The first-order valence-corrected chi connectivity index (χ1v) is 8.53. The molecule has 4 nitrogen and oxygen atoms in total. The third-order valence-corrected chi connectivity index (χ3v) is 3.61. The quantitative estimate of drug-likeness (QED) is 0.188. The molecule has 0 rings (SSSR count). The molecule has 0 aromatic heterocycles. The molecule has 4 heteroatoms. The Morgan fingerprint density at radius 1 is 0.909 bits per heavy atom. The van der Waals surface area contributed by atoms with Crippen LogP contribution in [0.25, 0.3) is 0 Å². The Labute approximate surface area is 135 Å². The highest BCUT2D eigenvalue weighted by Crippen LogP contribution is 2.19. The maximum Gasteiger partial charge on any atom is 0.345 e. The second-order valence-electron chi connectivity index (χ2n) is 5.88. The van der Waals surface area contributed by atoms with Crippen molar-refractivity contribution in [2.45, 2.75) is 66.7 Å². The third-order valence-electron chi connectivity index (χ3n) is 3.61. The number of esters is 2. The Morgan fingerprint density at radius 2 is 1.36 bits per heavy atom. The van der Waals surface area contributed by atoms with Crippen LogP contribution >= 0.6 is 0 Å². The third kappa shape index (κ3) is 8.20. The SMILES string of the molecule is CCCCOC(=O)C(=CC(CC)C(C)C)C(=O)OCCCC. The molecule has 0 radical (unpaired) electrons. The van der Waals surface area contributed by atoms with Gasteiger partial charge in [0, 0.05) is 0 Å². The van der Waals surface area contributed by atoms with Crippen LogP contribution in [-0.4, -0.2) is 25.2 Å². The number of carbonyl (C=O) groups excluding carboxylic acids is 2. The van der Waals surface area contributed by atoms with E-state index in [9.17, 15) is 9.59 Å². The predicted molar refractivity (Wildman–Crippen MR) is 88.4 cm³/mol. The summed E-state index contributed by atoms with van der Waals surface area (Å²) in [6.45, 7) is 10.9. The maximum atomic E-state index is 12.2. The molecule has 1 atom stereocenters. The topological polar surface area (TPSA) is 52.6 Å². The number of rotatable bonds is 11. The second kappa shape index (κ2) is 12.2. The van der Waals surface area contributed by atoms with E-state index >= 15 is 0 Å². The van der Waals surface area contributed by atoms with Crippen molar-refractivity contribution in [3.8, 4) is 0 Å². The van der Waals surface area contributed by atoms with E-state index in [1.54, 1.807) is 6.08 Å². The summed E-state index contributed by atoms with van der Waals surface area (Å²) in [5.41, 5.74) is 0.0488. The Bertz CT molecular complexity index is 334. The van der Waals surface area contributed by atoms with Gasteiger partial charge in [-0.25, -0.2) is 9.59 Å². The Morgan fingerprint density at radius 3 is 1.68 bits per heavy atom. The molecule has 0 heterocycles. The van der Waals surface area contributed by atoms with Gasteiger partial charge in [-0.05, 0) is 31.1 Å². The van der Waals surface area contributed by atoms with Crippen LogP contribution in [0.4, 0.5) is 0 Å². The van der Waals surface area contributed by atoms with Crippen molar-refractivity contribution in [1.82, 2.24) is 0 Å². The van der Waals surface area contributed by atoms with Crippen LogP contribution in [0.2, 0.25) is 0 Å². The average molecular weight is 312 g/mol. The molecule has 0 aliphatic carbocycles. The van der Waals surface area contributed by atoms with Gasteiger partial charge >= 0.3 is 11.9 Å². The average Bonchev–Trinajstić information content (AvgIpc) is 2.48. The van der Waals surface area contributed by atoms with E-state index in [0.29, 0.717) is 19.1 Å². The van der Waals surface area contributed by atoms with Gasteiger partial charge in [0.25, 0.3) is 0 Å². The van der Waals surface area contributed by atoms with Crippen molar-refractivity contribution in [1.29, 1.82) is 0 Å². The van der Waals surface area contributed by atoms with Crippen LogP contribution in [-0.2, 0) is 19.1 Å². The summed E-state index contributed by atoms with van der Waals surface area (Å²) in [6, 6.07) is 0. The molecule has 0 aliphatic heterocycles. The lowest BCUT2D eigenvalue weighted by Gasteiger charge is -2.16. The van der Waals surface area contributed by atoms with Gasteiger partial charge in [-0.2, -0.15) is 0 Å². The Balaban J connectivity index is 4.99. The summed E-state index contributed by atoms with van der Waals surface area (Å²) in [5, 5.41) is 0. The van der Waals surface area contributed by atoms with Gasteiger partial charge in [0.15, 0.2) is 0 Å². The molecule has 128 valence electrons. The van der Waals surface area contributed by atoms with Gasteiger partial charge in [-0.15, -0.1) is 0 Å². The van der Waals surface area contributed by atoms with Gasteiger partial charge in [0.05, 0.1) is 13.2 Å². The van der Waals surface area contributed by atoms with Gasteiger partial charge in [-0.1, -0.05) is 53.5 Å². The minimum Gasteiger partial charge on any atom is -0.462 e. The van der Waals surface area contributed by atoms with Crippen LogP contribution < -0.4 is 0 Å². The first-order chi connectivity index (χ1) is 10.5. The normalized spacial score (nSPS) is 11.9. The minimum atomic E-state index is -0.561. The van der Waals surface area contributed by atoms with Crippen molar-refractivity contribution in [2.24, 2.45) is 11.8 Å². The molecule has 0 N–H and O–H groups in total. The smallest absolute Gasteiger partial charge is 0.345 e. The van der Waals surface area contributed by atoms with Crippen molar-refractivity contribution in [2.75, 3.05) is 13.2 Å². The lowest BCUT2D eigenvalue weighted by atomic mass is 9.91. The van der Waals surface area contributed by atoms with E-state index in [0.717, 1.165) is 32.1 Å². The van der Waals surface area contributed by atoms with Crippen molar-refractivity contribution in [3.05, 3.63) is 11.6 Å². The highest BCUT2D eigenvalue weighted by molar-refractivity contribution is 6.14. The van der Waals surface area contributed by atoms with E-state index in [1.807, 2.05) is 20.8 Å². The summed E-state index contributed by atoms with van der Waals surface area (Å²) in [4.78, 5) is 24.3. The summed E-state index contributed by atoms with van der Waals surface area (Å²) in [6.07, 6.45) is 6.07. The number of allylic oxidation sites excluding steroid dienone is 1. The number of carbonyl (C=O) groups is 2. The Kier molecular flexibility index (Phi) is 11.5. The van der Waals surface area contributed by atoms with Gasteiger partial charge in [-0.3, -0.25) is 0 Å².